The Bertz CT molecular complexity index is 957. The molecule has 0 radical (unpaired) electrons. The smallest absolute Gasteiger partial charge is 0.261 e. The summed E-state index contributed by atoms with van der Waals surface area (Å²) in [7, 11) is 0. The third-order valence-corrected chi connectivity index (χ3v) is 4.22. The minimum atomic E-state index is -0.672. The molecule has 1 atom stereocenters. The predicted molar refractivity (Wildman–Crippen MR) is 77.3 cm³/mol. The van der Waals surface area contributed by atoms with Crippen molar-refractivity contribution in [1.29, 1.82) is 0 Å². The van der Waals surface area contributed by atoms with E-state index in [4.69, 9.17) is 0 Å². The van der Waals surface area contributed by atoms with E-state index >= 15 is 0 Å². The molecule has 1 aliphatic heterocycles. The zero-order valence-corrected chi connectivity index (χ0v) is 12.3. The summed E-state index contributed by atoms with van der Waals surface area (Å²) in [5.74, 6) is -0.742. The normalized spacial score (nSPS) is 19.6. The van der Waals surface area contributed by atoms with Gasteiger partial charge in [0.25, 0.3) is 5.56 Å². The fourth-order valence-corrected chi connectivity index (χ4v) is 3.31. The van der Waals surface area contributed by atoms with Gasteiger partial charge in [0.15, 0.2) is 0 Å². The highest BCUT2D eigenvalue weighted by Crippen LogP contribution is 2.27. The lowest BCUT2D eigenvalue weighted by Gasteiger charge is -2.21. The minimum Gasteiger partial charge on any atom is -0.295 e. The Morgan fingerprint density at radius 1 is 1.33 bits per heavy atom. The van der Waals surface area contributed by atoms with Crippen LogP contribution < -0.4 is 10.9 Å². The number of nitrogens with zero attached hydrogens (tertiary/aromatic N) is 3. The van der Waals surface area contributed by atoms with E-state index < -0.39 is 11.9 Å². The second kappa shape index (κ2) is 4.14. The molecule has 0 aromatic carbocycles. The van der Waals surface area contributed by atoms with Gasteiger partial charge < -0.3 is 0 Å². The number of imide groups is 1. The lowest BCUT2D eigenvalue weighted by Crippen LogP contribution is -2.43. The molecule has 0 saturated carbocycles. The first-order valence-electron chi connectivity index (χ1n) is 6.40. The molecule has 1 unspecified atom stereocenters. The van der Waals surface area contributed by atoms with Gasteiger partial charge in [-0.25, -0.2) is 4.52 Å². The van der Waals surface area contributed by atoms with E-state index in [1.165, 1.54) is 4.57 Å². The summed E-state index contributed by atoms with van der Waals surface area (Å²) in [6.45, 7) is 0. The van der Waals surface area contributed by atoms with Crippen LogP contribution >= 0.6 is 15.9 Å². The largest absolute Gasteiger partial charge is 0.295 e. The molecule has 1 saturated heterocycles. The van der Waals surface area contributed by atoms with Crippen LogP contribution in [0.25, 0.3) is 16.4 Å². The Kier molecular flexibility index (Phi) is 2.47. The highest BCUT2D eigenvalue weighted by atomic mass is 79.9. The Labute approximate surface area is 126 Å². The highest BCUT2D eigenvalue weighted by molar-refractivity contribution is 9.10. The summed E-state index contributed by atoms with van der Waals surface area (Å²) in [6, 6.07) is 1.05. The van der Waals surface area contributed by atoms with Crippen LogP contribution in [0.15, 0.2) is 27.7 Å². The minimum absolute atomic E-state index is 0.227. The van der Waals surface area contributed by atoms with Crippen molar-refractivity contribution >= 4 is 44.2 Å². The van der Waals surface area contributed by atoms with Gasteiger partial charge in [0.05, 0.1) is 17.1 Å². The quantitative estimate of drug-likeness (QED) is 0.660. The topological polar surface area (TPSA) is 85.5 Å². The van der Waals surface area contributed by atoms with Crippen LogP contribution in [0.5, 0.6) is 0 Å². The molecule has 4 rings (SSSR count). The third-order valence-electron chi connectivity index (χ3n) is 3.79. The van der Waals surface area contributed by atoms with E-state index in [1.54, 1.807) is 23.0 Å². The Morgan fingerprint density at radius 2 is 2.14 bits per heavy atom. The van der Waals surface area contributed by atoms with Gasteiger partial charge in [-0.05, 0) is 28.4 Å². The number of carbonyl (C=O) groups excluding carboxylic acids is 2. The van der Waals surface area contributed by atoms with Gasteiger partial charge in [0.2, 0.25) is 11.8 Å². The summed E-state index contributed by atoms with van der Waals surface area (Å²) in [5.41, 5.74) is 1.06. The molecule has 106 valence electrons. The first-order valence-corrected chi connectivity index (χ1v) is 7.19. The number of halogens is 1. The van der Waals surface area contributed by atoms with E-state index in [1.807, 2.05) is 0 Å². The van der Waals surface area contributed by atoms with Crippen LogP contribution in [-0.4, -0.2) is 26.0 Å². The Hall–Kier alpha value is -2.22. The Morgan fingerprint density at radius 3 is 2.90 bits per heavy atom. The number of hydrogen-bond donors (Lipinski definition) is 1. The Balaban J connectivity index is 2.01. The second-order valence-corrected chi connectivity index (χ2v) is 5.95. The van der Waals surface area contributed by atoms with Crippen LogP contribution in [0.1, 0.15) is 18.9 Å². The van der Waals surface area contributed by atoms with Crippen LogP contribution in [0, 0.1) is 0 Å². The molecule has 3 aromatic heterocycles. The lowest BCUT2D eigenvalue weighted by molar-refractivity contribution is -0.135. The van der Waals surface area contributed by atoms with Gasteiger partial charge in [-0.1, -0.05) is 0 Å². The second-order valence-electron chi connectivity index (χ2n) is 5.04. The zero-order valence-electron chi connectivity index (χ0n) is 10.7. The fourth-order valence-electron chi connectivity index (χ4n) is 2.89. The summed E-state index contributed by atoms with van der Waals surface area (Å²) in [5, 5.41) is 6.99. The molecule has 0 spiro atoms. The molecule has 21 heavy (non-hydrogen) atoms. The van der Waals surface area contributed by atoms with Crippen molar-refractivity contribution in [3.05, 3.63) is 33.3 Å². The van der Waals surface area contributed by atoms with Crippen LogP contribution in [-0.2, 0) is 9.59 Å². The number of amides is 2. The highest BCUT2D eigenvalue weighted by Gasteiger charge is 2.32. The fraction of sp³-hybridized carbons (Fsp3) is 0.231. The van der Waals surface area contributed by atoms with E-state index in [0.29, 0.717) is 22.8 Å². The van der Waals surface area contributed by atoms with Crippen molar-refractivity contribution in [2.75, 3.05) is 0 Å². The molecule has 0 bridgehead atoms. The average Bonchev–Trinajstić information content (AvgIpc) is 2.94. The van der Waals surface area contributed by atoms with Gasteiger partial charge in [0.1, 0.15) is 11.6 Å². The monoisotopic (exact) mass is 348 g/mol. The maximum absolute atomic E-state index is 12.6. The summed E-state index contributed by atoms with van der Waals surface area (Å²) >= 11 is 3.34. The number of aromatic nitrogens is 3. The number of nitrogens with one attached hydrogen (secondary N) is 1. The summed E-state index contributed by atoms with van der Waals surface area (Å²) in [4.78, 5) is 35.9. The number of pyridine rings is 1. The SMILES string of the molecule is O=C1CCC(n2c(=O)c3cc(Br)cn4ncc2c34)C(=O)N1. The van der Waals surface area contributed by atoms with E-state index in [9.17, 15) is 14.4 Å². The third kappa shape index (κ3) is 1.65. The first-order chi connectivity index (χ1) is 10.1. The maximum atomic E-state index is 12.6. The molecule has 4 heterocycles. The lowest BCUT2D eigenvalue weighted by atomic mass is 10.1. The number of rotatable bonds is 1. The molecule has 8 heteroatoms. The molecule has 7 nitrogen and oxygen atoms in total. The number of hydrogen-bond acceptors (Lipinski definition) is 4. The molecular formula is C13H9BrN4O3. The van der Waals surface area contributed by atoms with Crippen molar-refractivity contribution < 1.29 is 9.59 Å². The van der Waals surface area contributed by atoms with E-state index in [-0.39, 0.29) is 17.9 Å². The van der Waals surface area contributed by atoms with Gasteiger partial charge in [-0.2, -0.15) is 5.10 Å². The van der Waals surface area contributed by atoms with Crippen molar-refractivity contribution in [2.24, 2.45) is 0 Å². The average molecular weight is 349 g/mol. The van der Waals surface area contributed by atoms with E-state index in [2.05, 4.69) is 26.3 Å². The van der Waals surface area contributed by atoms with Gasteiger partial charge in [-0.15, -0.1) is 0 Å². The van der Waals surface area contributed by atoms with Gasteiger partial charge >= 0.3 is 0 Å². The molecule has 1 fully saturated rings. The van der Waals surface area contributed by atoms with E-state index in [0.717, 1.165) is 4.47 Å². The van der Waals surface area contributed by atoms with Crippen molar-refractivity contribution in [3.63, 3.8) is 0 Å². The first kappa shape index (κ1) is 12.5. The van der Waals surface area contributed by atoms with Crippen molar-refractivity contribution in [1.82, 2.24) is 19.5 Å². The molecule has 0 aliphatic carbocycles. The van der Waals surface area contributed by atoms with Gasteiger partial charge in [0, 0.05) is 17.1 Å². The standard InChI is InChI=1S/C13H9BrN4O3/c14-6-3-7-11-9(4-15-17(11)5-6)18(13(7)21)8-1-2-10(19)16-12(8)20/h3-5,8H,1-2H2,(H,16,19,20). The van der Waals surface area contributed by atoms with Crippen molar-refractivity contribution in [2.45, 2.75) is 18.9 Å². The predicted octanol–water partition coefficient (Wildman–Crippen LogP) is 0.827. The van der Waals surface area contributed by atoms with Gasteiger partial charge in [-0.3, -0.25) is 24.3 Å². The molecular weight excluding hydrogens is 340 g/mol. The molecule has 3 aromatic rings. The molecule has 1 N–H and O–H groups in total. The molecule has 1 aliphatic rings. The summed E-state index contributed by atoms with van der Waals surface area (Å²) in [6.07, 6.45) is 3.87. The zero-order chi connectivity index (χ0) is 14.7. The van der Waals surface area contributed by atoms with Crippen LogP contribution in [0.3, 0.4) is 0 Å². The maximum Gasteiger partial charge on any atom is 0.261 e. The van der Waals surface area contributed by atoms with Crippen molar-refractivity contribution in [3.8, 4) is 0 Å². The number of piperidine rings is 1. The number of carbonyl (C=O) groups is 2. The van der Waals surface area contributed by atoms with Crippen LogP contribution in [0.4, 0.5) is 0 Å². The molecule has 2 amide bonds. The van der Waals surface area contributed by atoms with Crippen LogP contribution in [0.2, 0.25) is 0 Å². The summed E-state index contributed by atoms with van der Waals surface area (Å²) < 4.78 is 3.78.